The zero-order valence-electron chi connectivity index (χ0n) is 67.2. The van der Waals surface area contributed by atoms with Crippen LogP contribution in [0.25, 0.3) is 33.1 Å². The Bertz CT molecular complexity index is 5090. The molecule has 19 heteroatoms. The highest BCUT2D eigenvalue weighted by Crippen LogP contribution is 2.39. The van der Waals surface area contributed by atoms with Crippen LogP contribution < -0.4 is 10.6 Å². The van der Waals surface area contributed by atoms with Crippen molar-refractivity contribution in [1.82, 2.24) is 90.0 Å². The predicted octanol–water partition coefficient (Wildman–Crippen LogP) is 18.5. The summed E-state index contributed by atoms with van der Waals surface area (Å²) < 4.78 is 0. The minimum atomic E-state index is 0.355. The van der Waals surface area contributed by atoms with Crippen LogP contribution in [-0.2, 0) is 64.7 Å². The number of aryl methyl sites for hydroxylation is 5. The average Bonchev–Trinajstić information content (AvgIpc) is 1.78. The van der Waals surface area contributed by atoms with Crippen LogP contribution in [0.1, 0.15) is 213 Å². The van der Waals surface area contributed by atoms with Gasteiger partial charge in [-0.3, -0.25) is 49.5 Å². The van der Waals surface area contributed by atoms with Crippen LogP contribution in [-0.4, -0.2) is 137 Å². The van der Waals surface area contributed by atoms with E-state index in [1.54, 1.807) is 0 Å². The number of aliphatic imine (C=N–C) groups is 1. The summed E-state index contributed by atoms with van der Waals surface area (Å²) in [6.07, 6.45) is 37.9. The normalized spacial score (nSPS) is 18.2. The van der Waals surface area contributed by atoms with Gasteiger partial charge in [-0.05, 0) is 267 Å². The Hall–Kier alpha value is -10.3. The zero-order chi connectivity index (χ0) is 77.6. The summed E-state index contributed by atoms with van der Waals surface area (Å²) >= 11 is 0. The number of aromatic nitrogens is 12. The lowest BCUT2D eigenvalue weighted by Crippen LogP contribution is -2.40. The lowest BCUT2D eigenvalue weighted by molar-refractivity contribution is 0.156. The number of hydrogen-bond donors (Lipinski definition) is 6. The minimum Gasteiger partial charge on any atom is -0.365 e. The topological polar surface area (TPSA) is 216 Å². The van der Waals surface area contributed by atoms with Crippen molar-refractivity contribution in [3.8, 4) is 0 Å². The van der Waals surface area contributed by atoms with E-state index >= 15 is 0 Å². The number of fused-ring (bicyclic) bond motifs is 8. The monoisotopic (exact) mass is 1530 g/mol. The second-order valence-electron chi connectivity index (χ2n) is 32.2. The Morgan fingerprint density at radius 1 is 0.409 bits per heavy atom. The summed E-state index contributed by atoms with van der Waals surface area (Å²) in [4.78, 5) is 67.2. The molecule has 1 fully saturated rings. The van der Waals surface area contributed by atoms with E-state index in [1.807, 2.05) is 61.4 Å². The number of benzene rings is 4. The molecule has 9 aromatic heterocycles. The van der Waals surface area contributed by atoms with E-state index in [0.29, 0.717) is 30.2 Å². The number of pyridine rings is 5. The van der Waals surface area contributed by atoms with Crippen LogP contribution >= 0.6 is 0 Å². The first kappa shape index (κ1) is 78.6. The van der Waals surface area contributed by atoms with E-state index in [1.165, 1.54) is 152 Å². The van der Waals surface area contributed by atoms with Crippen LogP contribution in [0.15, 0.2) is 218 Å². The van der Waals surface area contributed by atoms with Crippen molar-refractivity contribution in [3.05, 3.63) is 293 Å². The van der Waals surface area contributed by atoms with Crippen molar-refractivity contribution in [2.45, 2.75) is 205 Å². The molecule has 11 heterocycles. The van der Waals surface area contributed by atoms with Crippen LogP contribution in [0.5, 0.6) is 0 Å². The largest absolute Gasteiger partial charge is 0.365 e. The molecule has 594 valence electrons. The van der Waals surface area contributed by atoms with E-state index in [-0.39, 0.29) is 0 Å². The van der Waals surface area contributed by atoms with Gasteiger partial charge in [-0.2, -0.15) is 0 Å². The number of rotatable bonds is 28. The zero-order valence-corrected chi connectivity index (χ0v) is 67.2. The predicted molar refractivity (Wildman–Crippen MR) is 463 cm³/mol. The maximum absolute atomic E-state index is 4.94. The Balaban J connectivity index is 0.000000116. The second-order valence-corrected chi connectivity index (χ2v) is 32.2. The minimum absolute atomic E-state index is 0.355. The van der Waals surface area contributed by atoms with E-state index in [4.69, 9.17) is 39.9 Å². The molecule has 0 spiro atoms. The van der Waals surface area contributed by atoms with Gasteiger partial charge in [0.25, 0.3) is 0 Å². The molecule has 5 unspecified atom stereocenters. The molecule has 0 bridgehead atoms. The molecule has 2 aliphatic heterocycles. The molecule has 5 atom stereocenters. The highest BCUT2D eigenvalue weighted by Gasteiger charge is 2.33. The molecule has 0 amide bonds. The number of H-pyrrole nitrogens is 4. The molecule has 115 heavy (non-hydrogen) atoms. The molecule has 6 aliphatic rings. The van der Waals surface area contributed by atoms with E-state index in [9.17, 15) is 0 Å². The van der Waals surface area contributed by atoms with Crippen molar-refractivity contribution in [1.29, 1.82) is 0 Å². The van der Waals surface area contributed by atoms with Crippen LogP contribution in [0.3, 0.4) is 0 Å². The van der Waals surface area contributed by atoms with Gasteiger partial charge in [0.2, 0.25) is 0 Å². The third-order valence-electron chi connectivity index (χ3n) is 24.2. The van der Waals surface area contributed by atoms with Crippen LogP contribution in [0.2, 0.25) is 0 Å². The average molecular weight is 1540 g/mol. The number of nitrogens with one attached hydrogen (secondary N) is 6. The van der Waals surface area contributed by atoms with Gasteiger partial charge in [0, 0.05) is 87.2 Å². The number of para-hydroxylation sites is 7. The van der Waals surface area contributed by atoms with Gasteiger partial charge in [-0.25, -0.2) is 15.0 Å². The fraction of sp³-hybridized carbons (Fsp3) is 0.406. The first-order valence-corrected chi connectivity index (χ1v) is 43.1. The SMILES string of the molecule is CCCCN(Cc1nc2ccccc2[nH]1)C1CCCc2cccnc21.c1c[nH]c(CCCN(Cc2nc3ccccc3[nH]2)C2CCCc3cccnc32)c1.c1ccc(CNCCN(CC2=Nc3ccccc3C2)C2CCCc3cccnc32)nc1.c1cnc2c(c1)CCCC2N(CCCC1CCCCN1)Cc1nc2ccccc2[nH]1. The molecule has 19 nitrogen and oxygen atoms in total. The third-order valence-corrected chi connectivity index (χ3v) is 24.2. The molecule has 19 rings (SSSR count). The molecular formula is C96H115N19. The lowest BCUT2D eigenvalue weighted by Gasteiger charge is -2.35. The van der Waals surface area contributed by atoms with Crippen molar-refractivity contribution < 1.29 is 0 Å². The fourth-order valence-electron chi connectivity index (χ4n) is 18.5. The Morgan fingerprint density at radius 3 is 1.33 bits per heavy atom. The highest BCUT2D eigenvalue weighted by molar-refractivity contribution is 5.95. The first-order valence-electron chi connectivity index (χ1n) is 43.1. The first-order chi connectivity index (χ1) is 56.9. The quantitative estimate of drug-likeness (QED) is 0.0252. The summed E-state index contributed by atoms with van der Waals surface area (Å²) in [7, 11) is 0. The van der Waals surface area contributed by atoms with Gasteiger partial charge in [-0.1, -0.05) is 105 Å². The van der Waals surface area contributed by atoms with Crippen molar-refractivity contribution >= 4 is 44.5 Å². The van der Waals surface area contributed by atoms with Gasteiger partial charge >= 0.3 is 0 Å². The summed E-state index contributed by atoms with van der Waals surface area (Å²) in [6.45, 7) is 12.7. The number of aromatic amines is 4. The molecular weight excluding hydrogens is 1420 g/mol. The summed E-state index contributed by atoms with van der Waals surface area (Å²) in [5.41, 5.74) is 23.4. The highest BCUT2D eigenvalue weighted by atomic mass is 15.2. The number of nitrogens with zero attached hydrogens (tertiary/aromatic N) is 13. The van der Waals surface area contributed by atoms with E-state index < -0.39 is 0 Å². The smallest absolute Gasteiger partial charge is 0.121 e. The van der Waals surface area contributed by atoms with Gasteiger partial charge in [-0.15, -0.1) is 0 Å². The molecule has 4 aliphatic carbocycles. The summed E-state index contributed by atoms with van der Waals surface area (Å²) in [5, 5.41) is 7.28. The summed E-state index contributed by atoms with van der Waals surface area (Å²) in [5.74, 6) is 3.16. The van der Waals surface area contributed by atoms with E-state index in [2.05, 4.69) is 214 Å². The Morgan fingerprint density at radius 2 is 0.870 bits per heavy atom. The Kier molecular flexibility index (Phi) is 27.3. The number of hydrogen-bond acceptors (Lipinski definition) is 15. The van der Waals surface area contributed by atoms with Gasteiger partial charge in [0.1, 0.15) is 17.5 Å². The second kappa shape index (κ2) is 39.9. The van der Waals surface area contributed by atoms with E-state index in [0.717, 1.165) is 185 Å². The standard InChI is InChI=1S/C26H29N5.C25H33N5.C24H27N5.C21H26N4/c1-2-11-24-21(7-1)17-23(30-24)19-31(16-15-27-18-22-10-3-4-13-28-22)25-12-5-8-20-9-6-14-29-26(20)25;1-2-13-22-21(12-1)28-24(29-22)18-30(17-7-11-20-10-3-4-15-26-20)23-14-5-8-19-9-6-16-27-25(19)23;1-2-12-21-20(11-1)27-23(28-21)17-29(16-6-10-19-9-5-14-25-19)22-13-3-7-18-8-4-15-26-24(18)22;1-2-3-14-25(15-20-23-17-10-4-5-11-18(17)24-20)19-12-6-8-16-9-7-13-22-21(16)19/h1-4,6-7,9-11,13-14,25,27H,5,8,12,15-19H2;1-2,6,9,12-13,16,20,23,26H,3-5,7-8,10-11,14-15,17-18H2,(H,28,29);1-2,4-5,8-9,11-12,14-15,22,25H,3,6-7,10,13,16-17H2,(H,27,28);4-5,7,9-11,13,19H,2-3,6,8,12,14-15H2,1H3,(H,23,24). The third kappa shape index (κ3) is 20.7. The number of piperidine rings is 1. The van der Waals surface area contributed by atoms with Crippen LogP contribution in [0.4, 0.5) is 5.69 Å². The molecule has 1 saturated heterocycles. The molecule has 4 aromatic carbocycles. The van der Waals surface area contributed by atoms with Crippen molar-refractivity contribution in [2.24, 2.45) is 4.99 Å². The number of unbranched alkanes of at least 4 members (excludes halogenated alkanes) is 1. The maximum atomic E-state index is 4.94. The van der Waals surface area contributed by atoms with Gasteiger partial charge < -0.3 is 30.6 Å². The van der Waals surface area contributed by atoms with Gasteiger partial charge in [0.05, 0.1) is 111 Å². The Labute approximate surface area is 678 Å². The number of imidazole rings is 3. The lowest BCUT2D eigenvalue weighted by atomic mass is 9.90. The van der Waals surface area contributed by atoms with Crippen molar-refractivity contribution in [3.63, 3.8) is 0 Å². The fourth-order valence-corrected chi connectivity index (χ4v) is 18.5. The van der Waals surface area contributed by atoms with Gasteiger partial charge in [0.15, 0.2) is 0 Å². The molecule has 0 saturated carbocycles. The summed E-state index contributed by atoms with van der Waals surface area (Å²) in [6, 6.07) is 63.2. The molecule has 6 N–H and O–H groups in total. The molecule has 13 aromatic rings. The van der Waals surface area contributed by atoms with Crippen molar-refractivity contribution in [2.75, 3.05) is 45.8 Å². The van der Waals surface area contributed by atoms with Crippen LogP contribution in [0, 0.1) is 0 Å². The maximum Gasteiger partial charge on any atom is 0.121 e. The molecule has 0 radical (unpaired) electrons.